The average Bonchev–Trinajstić information content (AvgIpc) is 2.35. The number of esters is 2. The summed E-state index contributed by atoms with van der Waals surface area (Å²) in [6.45, 7) is 7.29. The number of hydrogen-bond acceptors (Lipinski definition) is 5. The molecular weight excluding hydrogens is 258 g/mol. The lowest BCUT2D eigenvalue weighted by Crippen LogP contribution is -2.25. The van der Waals surface area contributed by atoms with Crippen molar-refractivity contribution in [3.8, 4) is 0 Å². The first-order valence-corrected chi connectivity index (χ1v) is 6.71. The molecule has 1 aromatic heterocycles. The van der Waals surface area contributed by atoms with Crippen LogP contribution in [0, 0.1) is 5.92 Å². The van der Waals surface area contributed by atoms with Crippen molar-refractivity contribution < 1.29 is 19.1 Å². The van der Waals surface area contributed by atoms with Crippen LogP contribution in [0.2, 0.25) is 0 Å². The molecule has 20 heavy (non-hydrogen) atoms. The molecule has 0 aliphatic rings. The maximum atomic E-state index is 12.0. The Bertz CT molecular complexity index is 442. The minimum Gasteiger partial charge on any atom is -0.460 e. The fourth-order valence-corrected chi connectivity index (χ4v) is 1.57. The van der Waals surface area contributed by atoms with Gasteiger partial charge in [0.05, 0.1) is 11.8 Å². The van der Waals surface area contributed by atoms with Gasteiger partial charge in [-0.2, -0.15) is 0 Å². The van der Waals surface area contributed by atoms with Crippen LogP contribution in [0.3, 0.4) is 0 Å². The fourth-order valence-electron chi connectivity index (χ4n) is 1.57. The molecule has 0 amide bonds. The van der Waals surface area contributed by atoms with Crippen molar-refractivity contribution in [2.45, 2.75) is 46.3 Å². The second-order valence-electron chi connectivity index (χ2n) is 5.21. The van der Waals surface area contributed by atoms with Crippen molar-refractivity contribution in [1.82, 2.24) is 4.98 Å². The normalized spacial score (nSPS) is 12.3. The summed E-state index contributed by atoms with van der Waals surface area (Å²) in [6.07, 6.45) is 0.405. The SMILES string of the molecule is CC(C)CC(=O)OC(C(=O)OC(C)C)c1ccccn1. The number of rotatable bonds is 6. The Morgan fingerprint density at radius 1 is 1.15 bits per heavy atom. The molecule has 1 aromatic rings. The fraction of sp³-hybridized carbons (Fsp3) is 0.533. The van der Waals surface area contributed by atoms with E-state index in [4.69, 9.17) is 9.47 Å². The zero-order chi connectivity index (χ0) is 15.1. The lowest BCUT2D eigenvalue weighted by Gasteiger charge is -2.18. The summed E-state index contributed by atoms with van der Waals surface area (Å²) in [5.74, 6) is -0.875. The van der Waals surface area contributed by atoms with Gasteiger partial charge in [-0.25, -0.2) is 4.79 Å². The minimum atomic E-state index is -1.11. The molecule has 0 saturated carbocycles. The summed E-state index contributed by atoms with van der Waals surface area (Å²) in [5, 5.41) is 0. The molecule has 0 aliphatic heterocycles. The first-order valence-electron chi connectivity index (χ1n) is 6.71. The van der Waals surface area contributed by atoms with Crippen molar-refractivity contribution in [3.63, 3.8) is 0 Å². The van der Waals surface area contributed by atoms with Gasteiger partial charge in [0, 0.05) is 12.6 Å². The van der Waals surface area contributed by atoms with Crippen LogP contribution >= 0.6 is 0 Å². The Balaban J connectivity index is 2.85. The van der Waals surface area contributed by atoms with Gasteiger partial charge in [0.1, 0.15) is 0 Å². The average molecular weight is 279 g/mol. The molecule has 5 nitrogen and oxygen atoms in total. The van der Waals surface area contributed by atoms with Gasteiger partial charge < -0.3 is 9.47 Å². The van der Waals surface area contributed by atoms with E-state index >= 15 is 0 Å². The third-order valence-corrected chi connectivity index (χ3v) is 2.35. The van der Waals surface area contributed by atoms with Crippen molar-refractivity contribution in [2.24, 2.45) is 5.92 Å². The van der Waals surface area contributed by atoms with E-state index in [1.165, 1.54) is 0 Å². The summed E-state index contributed by atoms with van der Waals surface area (Å²) in [5.41, 5.74) is 0.371. The summed E-state index contributed by atoms with van der Waals surface area (Å²) >= 11 is 0. The third kappa shape index (κ3) is 5.38. The van der Waals surface area contributed by atoms with E-state index < -0.39 is 18.0 Å². The van der Waals surface area contributed by atoms with E-state index in [1.807, 2.05) is 13.8 Å². The third-order valence-electron chi connectivity index (χ3n) is 2.35. The van der Waals surface area contributed by atoms with E-state index in [1.54, 1.807) is 38.2 Å². The van der Waals surface area contributed by atoms with Crippen molar-refractivity contribution in [3.05, 3.63) is 30.1 Å². The summed E-state index contributed by atoms with van der Waals surface area (Å²) in [7, 11) is 0. The predicted molar refractivity (Wildman–Crippen MR) is 73.8 cm³/mol. The number of hydrogen-bond donors (Lipinski definition) is 0. The van der Waals surface area contributed by atoms with Gasteiger partial charge in [0.2, 0.25) is 6.10 Å². The number of carbonyl (C=O) groups is 2. The first kappa shape index (κ1) is 16.1. The summed E-state index contributed by atoms with van der Waals surface area (Å²) in [6, 6.07) is 5.09. The molecule has 110 valence electrons. The number of pyridine rings is 1. The quantitative estimate of drug-likeness (QED) is 0.749. The van der Waals surface area contributed by atoms with E-state index in [0.29, 0.717) is 5.69 Å². The van der Waals surface area contributed by atoms with E-state index in [0.717, 1.165) is 0 Å². The molecule has 0 aliphatic carbocycles. The van der Waals surface area contributed by atoms with E-state index in [-0.39, 0.29) is 18.4 Å². The lowest BCUT2D eigenvalue weighted by atomic mass is 10.1. The number of carbonyl (C=O) groups excluding carboxylic acids is 2. The molecule has 0 saturated heterocycles. The van der Waals surface area contributed by atoms with Crippen molar-refractivity contribution >= 4 is 11.9 Å². The van der Waals surface area contributed by atoms with Gasteiger partial charge in [-0.05, 0) is 31.9 Å². The molecule has 1 unspecified atom stereocenters. The van der Waals surface area contributed by atoms with Gasteiger partial charge in [0.25, 0.3) is 0 Å². The molecular formula is C15H21NO4. The minimum absolute atomic E-state index is 0.160. The maximum Gasteiger partial charge on any atom is 0.354 e. The second kappa shape index (κ2) is 7.62. The molecule has 0 fully saturated rings. The molecule has 0 N–H and O–H groups in total. The molecule has 0 bridgehead atoms. The monoisotopic (exact) mass is 279 g/mol. The van der Waals surface area contributed by atoms with Crippen LogP contribution in [-0.2, 0) is 19.1 Å². The second-order valence-corrected chi connectivity index (χ2v) is 5.21. The van der Waals surface area contributed by atoms with Crippen LogP contribution in [-0.4, -0.2) is 23.0 Å². The van der Waals surface area contributed by atoms with Crippen LogP contribution in [0.15, 0.2) is 24.4 Å². The Morgan fingerprint density at radius 2 is 1.85 bits per heavy atom. The van der Waals surface area contributed by atoms with E-state index in [2.05, 4.69) is 4.98 Å². The summed E-state index contributed by atoms with van der Waals surface area (Å²) < 4.78 is 10.4. The van der Waals surface area contributed by atoms with Gasteiger partial charge in [0.15, 0.2) is 0 Å². The Labute approximate surface area is 119 Å². The highest BCUT2D eigenvalue weighted by Crippen LogP contribution is 2.19. The highest BCUT2D eigenvalue weighted by molar-refractivity contribution is 5.80. The zero-order valence-electron chi connectivity index (χ0n) is 12.3. The van der Waals surface area contributed by atoms with Crippen molar-refractivity contribution in [1.29, 1.82) is 0 Å². The van der Waals surface area contributed by atoms with Crippen LogP contribution < -0.4 is 0 Å². The molecule has 0 radical (unpaired) electrons. The molecule has 0 aromatic carbocycles. The molecule has 0 spiro atoms. The van der Waals surface area contributed by atoms with Crippen LogP contribution in [0.5, 0.6) is 0 Å². The molecule has 1 heterocycles. The standard InChI is InChI=1S/C15H21NO4/c1-10(2)9-13(17)20-14(15(18)19-11(3)4)12-7-5-6-8-16-12/h5-8,10-11,14H,9H2,1-4H3. The van der Waals surface area contributed by atoms with Crippen LogP contribution in [0.25, 0.3) is 0 Å². The van der Waals surface area contributed by atoms with Gasteiger partial charge in [-0.1, -0.05) is 19.9 Å². The Hall–Kier alpha value is -1.91. The van der Waals surface area contributed by atoms with Gasteiger partial charge in [-0.3, -0.25) is 9.78 Å². The smallest absolute Gasteiger partial charge is 0.354 e. The number of ether oxygens (including phenoxy) is 2. The highest BCUT2D eigenvalue weighted by atomic mass is 16.6. The molecule has 1 rings (SSSR count). The number of aromatic nitrogens is 1. The first-order chi connectivity index (χ1) is 9.40. The molecule has 1 atom stereocenters. The number of nitrogens with zero attached hydrogens (tertiary/aromatic N) is 1. The largest absolute Gasteiger partial charge is 0.460 e. The Morgan fingerprint density at radius 3 is 2.35 bits per heavy atom. The van der Waals surface area contributed by atoms with Gasteiger partial charge >= 0.3 is 11.9 Å². The van der Waals surface area contributed by atoms with Crippen LogP contribution in [0.1, 0.15) is 45.9 Å². The van der Waals surface area contributed by atoms with Crippen LogP contribution in [0.4, 0.5) is 0 Å². The van der Waals surface area contributed by atoms with Gasteiger partial charge in [-0.15, -0.1) is 0 Å². The predicted octanol–water partition coefficient (Wildman–Crippen LogP) is 2.66. The van der Waals surface area contributed by atoms with E-state index in [9.17, 15) is 9.59 Å². The Kier molecular flexibility index (Phi) is 6.15. The summed E-state index contributed by atoms with van der Waals surface area (Å²) in [4.78, 5) is 27.9. The highest BCUT2D eigenvalue weighted by Gasteiger charge is 2.28. The van der Waals surface area contributed by atoms with Crippen molar-refractivity contribution in [2.75, 3.05) is 0 Å². The maximum absolute atomic E-state index is 12.0. The zero-order valence-corrected chi connectivity index (χ0v) is 12.3. The lowest BCUT2D eigenvalue weighted by molar-refractivity contribution is -0.171. The topological polar surface area (TPSA) is 65.5 Å². The molecule has 5 heteroatoms.